The fourth-order valence-electron chi connectivity index (χ4n) is 2.22. The number of alkyl halides is 2. The van der Waals surface area contributed by atoms with Gasteiger partial charge in [0, 0.05) is 18.5 Å². The summed E-state index contributed by atoms with van der Waals surface area (Å²) < 4.78 is 26.0. The Morgan fingerprint density at radius 3 is 2.48 bits per heavy atom. The van der Waals surface area contributed by atoms with Gasteiger partial charge in [-0.15, -0.1) is 0 Å². The van der Waals surface area contributed by atoms with Gasteiger partial charge in [0.1, 0.15) is 5.82 Å². The first kappa shape index (κ1) is 15.6. The lowest BCUT2D eigenvalue weighted by atomic mass is 10.1. The third-order valence-corrected chi connectivity index (χ3v) is 3.05. The van der Waals surface area contributed by atoms with Crippen LogP contribution in [-0.2, 0) is 0 Å². The number of para-hydroxylation sites is 1. The SMILES string of the molecule is CCN(CC(C)(C)O)c1nc(C(F)F)nc2ccccc12. The van der Waals surface area contributed by atoms with Crippen LogP contribution in [0.3, 0.4) is 0 Å². The molecular formula is C15H19F2N3O. The molecule has 0 amide bonds. The second-order valence-corrected chi connectivity index (χ2v) is 5.55. The van der Waals surface area contributed by atoms with Crippen molar-refractivity contribution >= 4 is 16.7 Å². The van der Waals surface area contributed by atoms with Gasteiger partial charge < -0.3 is 10.0 Å². The largest absolute Gasteiger partial charge is 0.389 e. The van der Waals surface area contributed by atoms with E-state index in [1.165, 1.54) is 0 Å². The molecule has 0 unspecified atom stereocenters. The Hall–Kier alpha value is -1.82. The lowest BCUT2D eigenvalue weighted by Gasteiger charge is -2.30. The van der Waals surface area contributed by atoms with Crippen LogP contribution in [0.25, 0.3) is 10.9 Å². The minimum absolute atomic E-state index is 0.299. The van der Waals surface area contributed by atoms with Crippen LogP contribution in [0.4, 0.5) is 14.6 Å². The Kier molecular flexibility index (Phi) is 4.37. The fraction of sp³-hybridized carbons (Fsp3) is 0.467. The van der Waals surface area contributed by atoms with Crippen molar-refractivity contribution in [2.24, 2.45) is 0 Å². The van der Waals surface area contributed by atoms with Gasteiger partial charge in [0.05, 0.1) is 11.1 Å². The summed E-state index contributed by atoms with van der Waals surface area (Å²) in [5.41, 5.74) is -0.473. The Morgan fingerprint density at radius 1 is 1.24 bits per heavy atom. The number of hydrogen-bond donors (Lipinski definition) is 1. The average Bonchev–Trinajstić information content (AvgIpc) is 2.42. The molecule has 4 nitrogen and oxygen atoms in total. The molecule has 1 aromatic heterocycles. The summed E-state index contributed by atoms with van der Waals surface area (Å²) in [4.78, 5) is 9.70. The third kappa shape index (κ3) is 3.64. The molecule has 0 aliphatic rings. The number of rotatable bonds is 5. The van der Waals surface area contributed by atoms with Crippen LogP contribution in [0.1, 0.15) is 33.0 Å². The quantitative estimate of drug-likeness (QED) is 0.920. The molecule has 0 aliphatic carbocycles. The van der Waals surface area contributed by atoms with Crippen LogP contribution >= 0.6 is 0 Å². The predicted octanol–water partition coefficient (Wildman–Crippen LogP) is 3.16. The molecule has 0 saturated carbocycles. The second-order valence-electron chi connectivity index (χ2n) is 5.55. The smallest absolute Gasteiger partial charge is 0.297 e. The van der Waals surface area contributed by atoms with Crippen molar-refractivity contribution in [2.45, 2.75) is 32.8 Å². The monoisotopic (exact) mass is 295 g/mol. The van der Waals surface area contributed by atoms with E-state index in [1.807, 2.05) is 13.0 Å². The minimum Gasteiger partial charge on any atom is -0.389 e. The summed E-state index contributed by atoms with van der Waals surface area (Å²) >= 11 is 0. The average molecular weight is 295 g/mol. The van der Waals surface area contributed by atoms with Crippen LogP contribution in [-0.4, -0.2) is 33.8 Å². The number of nitrogens with zero attached hydrogens (tertiary/aromatic N) is 3. The highest BCUT2D eigenvalue weighted by molar-refractivity contribution is 5.89. The number of anilines is 1. The molecule has 21 heavy (non-hydrogen) atoms. The lowest BCUT2D eigenvalue weighted by molar-refractivity contribution is 0.0874. The number of fused-ring (bicyclic) bond motifs is 1. The summed E-state index contributed by atoms with van der Waals surface area (Å²) in [6, 6.07) is 7.05. The molecule has 1 heterocycles. The first-order chi connectivity index (χ1) is 9.81. The van der Waals surface area contributed by atoms with Crippen LogP contribution in [0.2, 0.25) is 0 Å². The van der Waals surface area contributed by atoms with Gasteiger partial charge in [0.25, 0.3) is 6.43 Å². The summed E-state index contributed by atoms with van der Waals surface area (Å²) in [6.45, 7) is 6.09. The summed E-state index contributed by atoms with van der Waals surface area (Å²) in [6.07, 6.45) is -2.73. The van der Waals surface area contributed by atoms with Gasteiger partial charge in [-0.2, -0.15) is 0 Å². The van der Waals surface area contributed by atoms with E-state index in [2.05, 4.69) is 9.97 Å². The van der Waals surface area contributed by atoms with Gasteiger partial charge >= 0.3 is 0 Å². The van der Waals surface area contributed by atoms with Gasteiger partial charge in [-0.1, -0.05) is 12.1 Å². The van der Waals surface area contributed by atoms with E-state index < -0.39 is 17.9 Å². The maximum Gasteiger partial charge on any atom is 0.297 e. The first-order valence-corrected chi connectivity index (χ1v) is 6.84. The first-order valence-electron chi connectivity index (χ1n) is 6.84. The Balaban J connectivity index is 2.59. The third-order valence-electron chi connectivity index (χ3n) is 3.05. The Morgan fingerprint density at radius 2 is 1.90 bits per heavy atom. The van der Waals surface area contributed by atoms with Gasteiger partial charge in [-0.3, -0.25) is 0 Å². The topological polar surface area (TPSA) is 49.2 Å². The number of benzene rings is 1. The number of halogens is 2. The molecule has 0 bridgehead atoms. The van der Waals surface area contributed by atoms with E-state index in [0.717, 1.165) is 0 Å². The zero-order chi connectivity index (χ0) is 15.6. The van der Waals surface area contributed by atoms with Gasteiger partial charge in [-0.05, 0) is 32.9 Å². The fourth-order valence-corrected chi connectivity index (χ4v) is 2.22. The number of aliphatic hydroxyl groups is 1. The number of hydrogen-bond acceptors (Lipinski definition) is 4. The Labute approximate surface area is 122 Å². The molecule has 114 valence electrons. The molecule has 1 aromatic carbocycles. The van der Waals surface area contributed by atoms with Crippen molar-refractivity contribution in [3.63, 3.8) is 0 Å². The van der Waals surface area contributed by atoms with Crippen LogP contribution < -0.4 is 4.90 Å². The van der Waals surface area contributed by atoms with Crippen LogP contribution in [0, 0.1) is 0 Å². The normalized spacial score (nSPS) is 12.1. The van der Waals surface area contributed by atoms with E-state index in [-0.39, 0.29) is 0 Å². The highest BCUT2D eigenvalue weighted by Gasteiger charge is 2.22. The van der Waals surface area contributed by atoms with E-state index in [4.69, 9.17) is 0 Å². The zero-order valence-electron chi connectivity index (χ0n) is 12.3. The molecule has 0 spiro atoms. The highest BCUT2D eigenvalue weighted by Crippen LogP contribution is 2.27. The second kappa shape index (κ2) is 5.89. The van der Waals surface area contributed by atoms with Crippen molar-refractivity contribution in [3.05, 3.63) is 30.1 Å². The van der Waals surface area contributed by atoms with Crippen molar-refractivity contribution in [1.29, 1.82) is 0 Å². The van der Waals surface area contributed by atoms with Crippen molar-refractivity contribution in [2.75, 3.05) is 18.0 Å². The maximum atomic E-state index is 13.0. The number of aromatic nitrogens is 2. The lowest BCUT2D eigenvalue weighted by Crippen LogP contribution is -2.39. The van der Waals surface area contributed by atoms with Gasteiger partial charge in [0.2, 0.25) is 0 Å². The molecule has 0 aliphatic heterocycles. The standard InChI is InChI=1S/C15H19F2N3O/c1-4-20(9-15(2,3)21)14-10-7-5-6-8-11(10)18-13(19-14)12(16)17/h5-8,12,21H,4,9H2,1-3H3. The summed E-state index contributed by atoms with van der Waals surface area (Å²) in [7, 11) is 0. The minimum atomic E-state index is -2.73. The molecule has 1 N–H and O–H groups in total. The zero-order valence-corrected chi connectivity index (χ0v) is 12.3. The molecular weight excluding hydrogens is 276 g/mol. The summed E-state index contributed by atoms with van der Waals surface area (Å²) in [5, 5.41) is 10.7. The molecule has 0 saturated heterocycles. The van der Waals surface area contributed by atoms with Gasteiger partial charge in [0.15, 0.2) is 5.82 Å². The molecule has 2 aromatic rings. The molecule has 0 atom stereocenters. The van der Waals surface area contributed by atoms with Crippen molar-refractivity contribution in [3.8, 4) is 0 Å². The maximum absolute atomic E-state index is 13.0. The van der Waals surface area contributed by atoms with Crippen LogP contribution in [0.15, 0.2) is 24.3 Å². The van der Waals surface area contributed by atoms with E-state index in [9.17, 15) is 13.9 Å². The Bertz CT molecular complexity index is 626. The van der Waals surface area contributed by atoms with E-state index in [1.54, 1.807) is 36.9 Å². The van der Waals surface area contributed by atoms with Gasteiger partial charge in [-0.25, -0.2) is 18.7 Å². The predicted molar refractivity (Wildman–Crippen MR) is 78.7 cm³/mol. The van der Waals surface area contributed by atoms with Crippen molar-refractivity contribution in [1.82, 2.24) is 9.97 Å². The van der Waals surface area contributed by atoms with E-state index >= 15 is 0 Å². The number of likely N-dealkylation sites (N-methyl/N-ethyl adjacent to an activating group) is 1. The molecule has 6 heteroatoms. The van der Waals surface area contributed by atoms with E-state index in [0.29, 0.717) is 29.8 Å². The van der Waals surface area contributed by atoms with Crippen molar-refractivity contribution < 1.29 is 13.9 Å². The summed E-state index contributed by atoms with van der Waals surface area (Å²) in [5.74, 6) is -0.0570. The molecule has 2 rings (SSSR count). The molecule has 0 radical (unpaired) electrons. The highest BCUT2D eigenvalue weighted by atomic mass is 19.3. The molecule has 0 fully saturated rings. The van der Waals surface area contributed by atoms with Crippen LogP contribution in [0.5, 0.6) is 0 Å².